The summed E-state index contributed by atoms with van der Waals surface area (Å²) >= 11 is 0. The van der Waals surface area contributed by atoms with Gasteiger partial charge in [0, 0.05) is 24.5 Å². The Kier molecular flexibility index (Phi) is 7.02. The van der Waals surface area contributed by atoms with Crippen molar-refractivity contribution in [2.75, 3.05) is 37.0 Å². The number of alkyl halides is 1. The summed E-state index contributed by atoms with van der Waals surface area (Å²) in [7, 11) is 1.48. The second-order valence-electron chi connectivity index (χ2n) is 7.70. The molecule has 0 bridgehead atoms. The number of benzene rings is 1. The van der Waals surface area contributed by atoms with Gasteiger partial charge in [-0.15, -0.1) is 0 Å². The van der Waals surface area contributed by atoms with Gasteiger partial charge in [-0.2, -0.15) is 5.10 Å². The number of aliphatic carboxylic acids is 1. The molecule has 0 spiro atoms. The standard InChI is InChI=1S/C23H24FN5O5/c1-33-21-11-14(29-10-8-20(15(24)12-29)34-13-22(30)31)5-6-18(21)27-23(32)19-4-2-3-16(26-19)17-7-9-25-28-17/h2-7,9,11,15,20H,8,10,12-13H2,1H3,(H,25,28)(H,27,32)(H,30,31)/t15-,20+/m1/s1. The molecule has 3 heterocycles. The zero-order valence-corrected chi connectivity index (χ0v) is 18.4. The van der Waals surface area contributed by atoms with Gasteiger partial charge in [0.1, 0.15) is 29.9 Å². The Morgan fingerprint density at radius 3 is 2.82 bits per heavy atom. The highest BCUT2D eigenvalue weighted by Gasteiger charge is 2.31. The fourth-order valence-electron chi connectivity index (χ4n) is 3.76. The Labute approximate surface area is 194 Å². The molecule has 2 atom stereocenters. The van der Waals surface area contributed by atoms with E-state index in [9.17, 15) is 14.0 Å². The Morgan fingerprint density at radius 1 is 1.26 bits per heavy atom. The lowest BCUT2D eigenvalue weighted by molar-refractivity contribution is -0.146. The third kappa shape index (κ3) is 5.31. The number of ether oxygens (including phenoxy) is 2. The first-order valence-electron chi connectivity index (χ1n) is 10.6. The zero-order chi connectivity index (χ0) is 24.1. The molecule has 3 aromatic rings. The Hall–Kier alpha value is -3.99. The van der Waals surface area contributed by atoms with Gasteiger partial charge in [-0.3, -0.25) is 9.89 Å². The van der Waals surface area contributed by atoms with Gasteiger partial charge in [-0.05, 0) is 36.8 Å². The number of nitrogens with one attached hydrogen (secondary N) is 2. The fraction of sp³-hybridized carbons (Fsp3) is 0.304. The molecule has 3 N–H and O–H groups in total. The summed E-state index contributed by atoms with van der Waals surface area (Å²) in [6.07, 6.45) is -0.0518. The van der Waals surface area contributed by atoms with Crippen LogP contribution >= 0.6 is 0 Å². The van der Waals surface area contributed by atoms with Crippen LogP contribution < -0.4 is 15.0 Å². The number of aromatic amines is 1. The molecule has 4 rings (SSSR count). The molecule has 1 aromatic carbocycles. The topological polar surface area (TPSA) is 130 Å². The smallest absolute Gasteiger partial charge is 0.329 e. The minimum Gasteiger partial charge on any atom is -0.494 e. The van der Waals surface area contributed by atoms with Gasteiger partial charge in [-0.25, -0.2) is 14.2 Å². The number of aromatic nitrogens is 3. The molecule has 1 amide bonds. The van der Waals surface area contributed by atoms with E-state index >= 15 is 0 Å². The van der Waals surface area contributed by atoms with E-state index in [1.807, 2.05) is 4.90 Å². The third-order valence-corrected chi connectivity index (χ3v) is 5.45. The fourth-order valence-corrected chi connectivity index (χ4v) is 3.76. The van der Waals surface area contributed by atoms with E-state index in [0.29, 0.717) is 41.5 Å². The van der Waals surface area contributed by atoms with Crippen molar-refractivity contribution in [3.05, 3.63) is 54.4 Å². The van der Waals surface area contributed by atoms with Gasteiger partial charge < -0.3 is 24.8 Å². The van der Waals surface area contributed by atoms with Crippen molar-refractivity contribution < 1.29 is 28.6 Å². The minimum absolute atomic E-state index is 0.0586. The lowest BCUT2D eigenvalue weighted by Gasteiger charge is -2.36. The Bertz CT molecular complexity index is 1160. The van der Waals surface area contributed by atoms with Crippen LogP contribution in [0.2, 0.25) is 0 Å². The number of anilines is 2. The van der Waals surface area contributed by atoms with E-state index < -0.39 is 30.8 Å². The second-order valence-corrected chi connectivity index (χ2v) is 7.70. The van der Waals surface area contributed by atoms with E-state index in [-0.39, 0.29) is 12.2 Å². The van der Waals surface area contributed by atoms with E-state index in [0.717, 1.165) is 0 Å². The summed E-state index contributed by atoms with van der Waals surface area (Å²) in [5.74, 6) is -1.13. The number of rotatable bonds is 8. The van der Waals surface area contributed by atoms with Gasteiger partial charge in [0.05, 0.1) is 31.1 Å². The zero-order valence-electron chi connectivity index (χ0n) is 18.4. The molecular formula is C23H24FN5O5. The van der Waals surface area contributed by atoms with Crippen molar-refractivity contribution in [1.29, 1.82) is 0 Å². The van der Waals surface area contributed by atoms with Crippen LogP contribution in [0.3, 0.4) is 0 Å². The van der Waals surface area contributed by atoms with E-state index in [1.165, 1.54) is 7.11 Å². The normalized spacial score (nSPS) is 17.9. The van der Waals surface area contributed by atoms with Crippen molar-refractivity contribution in [3.63, 3.8) is 0 Å². The molecule has 0 aliphatic carbocycles. The molecule has 2 aromatic heterocycles. The molecule has 10 nitrogen and oxygen atoms in total. The maximum atomic E-state index is 14.5. The highest BCUT2D eigenvalue weighted by atomic mass is 19.1. The van der Waals surface area contributed by atoms with Gasteiger partial charge in [0.2, 0.25) is 0 Å². The summed E-state index contributed by atoms with van der Waals surface area (Å²) in [6.45, 7) is 0.0271. The van der Waals surface area contributed by atoms with Gasteiger partial charge >= 0.3 is 5.97 Å². The number of halogens is 1. The van der Waals surface area contributed by atoms with Crippen molar-refractivity contribution in [2.45, 2.75) is 18.7 Å². The van der Waals surface area contributed by atoms with Crippen LogP contribution in [0.1, 0.15) is 16.9 Å². The van der Waals surface area contributed by atoms with Crippen LogP contribution in [-0.2, 0) is 9.53 Å². The third-order valence-electron chi connectivity index (χ3n) is 5.45. The maximum absolute atomic E-state index is 14.5. The number of carboxylic acid groups (broad SMARTS) is 1. The molecule has 0 unspecified atom stereocenters. The van der Waals surface area contributed by atoms with Gasteiger partial charge in [0.25, 0.3) is 5.91 Å². The SMILES string of the molecule is COc1cc(N2CC[C@H](OCC(=O)O)[C@H](F)C2)ccc1NC(=O)c1cccc(-c2cc[nH]n2)n1. The summed E-state index contributed by atoms with van der Waals surface area (Å²) in [5, 5.41) is 18.3. The van der Waals surface area contributed by atoms with Gasteiger partial charge in [-0.1, -0.05) is 6.07 Å². The molecule has 0 radical (unpaired) electrons. The molecule has 0 saturated carbocycles. The van der Waals surface area contributed by atoms with Crippen LogP contribution in [0, 0.1) is 0 Å². The van der Waals surface area contributed by atoms with E-state index in [4.69, 9.17) is 14.6 Å². The van der Waals surface area contributed by atoms with Gasteiger partial charge in [0.15, 0.2) is 0 Å². The van der Waals surface area contributed by atoms with Crippen molar-refractivity contribution in [2.24, 2.45) is 0 Å². The lowest BCUT2D eigenvalue weighted by Crippen LogP contribution is -2.46. The number of hydrogen-bond acceptors (Lipinski definition) is 7. The average molecular weight is 469 g/mol. The van der Waals surface area contributed by atoms with Crippen LogP contribution in [0.15, 0.2) is 48.7 Å². The van der Waals surface area contributed by atoms with Crippen molar-refractivity contribution in [1.82, 2.24) is 15.2 Å². The molecule has 11 heteroatoms. The largest absolute Gasteiger partial charge is 0.494 e. The average Bonchev–Trinajstić information content (AvgIpc) is 3.38. The predicted octanol–water partition coefficient (Wildman–Crippen LogP) is 2.75. The molecule has 1 saturated heterocycles. The van der Waals surface area contributed by atoms with Crippen LogP contribution in [0.25, 0.3) is 11.4 Å². The first-order chi connectivity index (χ1) is 16.4. The van der Waals surface area contributed by atoms with E-state index in [1.54, 1.807) is 48.7 Å². The number of pyridine rings is 1. The number of H-pyrrole nitrogens is 1. The van der Waals surface area contributed by atoms with Crippen LogP contribution in [-0.4, -0.2) is 71.2 Å². The molecule has 34 heavy (non-hydrogen) atoms. The van der Waals surface area contributed by atoms with Crippen LogP contribution in [0.5, 0.6) is 5.75 Å². The first kappa shape index (κ1) is 23.2. The number of hydrogen-bond donors (Lipinski definition) is 3. The van der Waals surface area contributed by atoms with E-state index in [2.05, 4.69) is 20.5 Å². The lowest BCUT2D eigenvalue weighted by atomic mass is 10.0. The molecule has 1 aliphatic heterocycles. The predicted molar refractivity (Wildman–Crippen MR) is 122 cm³/mol. The molecule has 1 fully saturated rings. The molecule has 178 valence electrons. The Balaban J connectivity index is 1.44. The minimum atomic E-state index is -1.33. The number of nitrogens with zero attached hydrogens (tertiary/aromatic N) is 3. The number of carbonyl (C=O) groups excluding carboxylic acids is 1. The number of carboxylic acids is 1. The molecule has 1 aliphatic rings. The summed E-state index contributed by atoms with van der Waals surface area (Å²) < 4.78 is 25.1. The quantitative estimate of drug-likeness (QED) is 0.459. The second kappa shape index (κ2) is 10.3. The number of amides is 1. The van der Waals surface area contributed by atoms with Crippen molar-refractivity contribution >= 4 is 23.3 Å². The summed E-state index contributed by atoms with van der Waals surface area (Å²) in [4.78, 5) is 29.7. The summed E-state index contributed by atoms with van der Waals surface area (Å²) in [6, 6.07) is 12.0. The first-order valence-corrected chi connectivity index (χ1v) is 10.6. The number of carbonyl (C=O) groups is 2. The highest BCUT2D eigenvalue weighted by Crippen LogP contribution is 2.32. The number of methoxy groups -OCH3 is 1. The monoisotopic (exact) mass is 469 g/mol. The van der Waals surface area contributed by atoms with Crippen LogP contribution in [0.4, 0.5) is 15.8 Å². The highest BCUT2D eigenvalue weighted by molar-refractivity contribution is 6.04. The maximum Gasteiger partial charge on any atom is 0.329 e. The molecular weight excluding hydrogens is 445 g/mol. The Morgan fingerprint density at radius 2 is 2.12 bits per heavy atom. The summed E-state index contributed by atoms with van der Waals surface area (Å²) in [5.41, 5.74) is 2.57. The number of piperidine rings is 1. The van der Waals surface area contributed by atoms with Crippen molar-refractivity contribution in [3.8, 4) is 17.1 Å².